The van der Waals surface area contributed by atoms with Gasteiger partial charge in [0.1, 0.15) is 0 Å². The highest BCUT2D eigenvalue weighted by molar-refractivity contribution is 7.91. The summed E-state index contributed by atoms with van der Waals surface area (Å²) in [6.07, 6.45) is 8.32. The Labute approximate surface area is 143 Å². The van der Waals surface area contributed by atoms with Gasteiger partial charge in [-0.15, -0.1) is 0 Å². The van der Waals surface area contributed by atoms with Crippen molar-refractivity contribution in [2.45, 2.75) is 51.4 Å². The molecule has 2 amide bonds. The van der Waals surface area contributed by atoms with E-state index >= 15 is 0 Å². The van der Waals surface area contributed by atoms with Gasteiger partial charge in [0.15, 0.2) is 9.84 Å². The summed E-state index contributed by atoms with van der Waals surface area (Å²) in [5, 5.41) is 0. The SMILES string of the molecule is O=C(CC12CC3CC(CC(C3)C1)C2)NNC(=O)C1CCS(=O)(=O)C1. The number of rotatable bonds is 3. The van der Waals surface area contributed by atoms with Crippen molar-refractivity contribution in [3.63, 3.8) is 0 Å². The fourth-order valence-corrected chi connectivity index (χ4v) is 7.87. The van der Waals surface area contributed by atoms with E-state index in [1.807, 2.05) is 0 Å². The summed E-state index contributed by atoms with van der Waals surface area (Å²) in [6, 6.07) is 0. The van der Waals surface area contributed by atoms with Crippen molar-refractivity contribution >= 4 is 21.7 Å². The Bertz CT molecular complexity index is 622. The van der Waals surface area contributed by atoms with Gasteiger partial charge in [-0.3, -0.25) is 20.4 Å². The van der Waals surface area contributed by atoms with E-state index in [2.05, 4.69) is 10.9 Å². The van der Waals surface area contributed by atoms with Crippen LogP contribution in [-0.2, 0) is 19.4 Å². The summed E-state index contributed by atoms with van der Waals surface area (Å²) >= 11 is 0. The third-order valence-electron chi connectivity index (χ3n) is 6.63. The van der Waals surface area contributed by atoms with Crippen LogP contribution in [0.1, 0.15) is 51.4 Å². The number of carbonyl (C=O) groups excluding carboxylic acids is 2. The zero-order valence-electron chi connectivity index (χ0n) is 13.9. The minimum absolute atomic E-state index is 0.0618. The average molecular weight is 354 g/mol. The maximum Gasteiger partial charge on any atom is 0.242 e. The van der Waals surface area contributed by atoms with Crippen LogP contribution in [0.5, 0.6) is 0 Å². The van der Waals surface area contributed by atoms with E-state index in [1.165, 1.54) is 19.3 Å². The van der Waals surface area contributed by atoms with Crippen molar-refractivity contribution in [1.29, 1.82) is 0 Å². The van der Waals surface area contributed by atoms with E-state index < -0.39 is 15.8 Å². The van der Waals surface area contributed by atoms with Crippen molar-refractivity contribution in [3.05, 3.63) is 0 Å². The van der Waals surface area contributed by atoms with E-state index in [0.29, 0.717) is 12.8 Å². The molecule has 5 aliphatic rings. The van der Waals surface area contributed by atoms with Crippen LogP contribution in [0.3, 0.4) is 0 Å². The van der Waals surface area contributed by atoms with Crippen LogP contribution in [0.4, 0.5) is 0 Å². The number of amides is 2. The molecule has 4 aliphatic carbocycles. The number of nitrogens with one attached hydrogen (secondary N) is 2. The highest BCUT2D eigenvalue weighted by atomic mass is 32.2. The number of sulfone groups is 1. The predicted molar refractivity (Wildman–Crippen MR) is 88.3 cm³/mol. The highest BCUT2D eigenvalue weighted by Crippen LogP contribution is 2.61. The smallest absolute Gasteiger partial charge is 0.242 e. The molecule has 1 aliphatic heterocycles. The first-order valence-corrected chi connectivity index (χ1v) is 10.9. The van der Waals surface area contributed by atoms with Crippen LogP contribution in [0.2, 0.25) is 0 Å². The topological polar surface area (TPSA) is 92.3 Å². The molecular formula is C17H26N2O4S. The summed E-state index contributed by atoms with van der Waals surface area (Å²) in [5.41, 5.74) is 5.11. The van der Waals surface area contributed by atoms with E-state index in [-0.39, 0.29) is 28.7 Å². The van der Waals surface area contributed by atoms with Gasteiger partial charge in [-0.1, -0.05) is 0 Å². The lowest BCUT2D eigenvalue weighted by atomic mass is 9.49. The summed E-state index contributed by atoms with van der Waals surface area (Å²) in [4.78, 5) is 24.3. The van der Waals surface area contributed by atoms with Crippen molar-refractivity contribution < 1.29 is 18.0 Å². The Hall–Kier alpha value is -1.11. The molecule has 1 saturated heterocycles. The summed E-state index contributed by atoms with van der Waals surface area (Å²) in [6.45, 7) is 0. The lowest BCUT2D eigenvalue weighted by Gasteiger charge is -2.56. The predicted octanol–water partition coefficient (Wildman–Crippen LogP) is 1.18. The van der Waals surface area contributed by atoms with Gasteiger partial charge >= 0.3 is 0 Å². The molecule has 2 N–H and O–H groups in total. The molecule has 5 rings (SSSR count). The molecule has 6 nitrogen and oxygen atoms in total. The van der Waals surface area contributed by atoms with Gasteiger partial charge in [0.2, 0.25) is 11.8 Å². The standard InChI is InChI=1S/C17H26N2O4S/c20-15(18-19-16(21)14-1-2-24(22,23)10-14)9-17-6-11-3-12(7-17)5-13(4-11)8-17/h11-14H,1-10H2,(H,18,20)(H,19,21). The van der Waals surface area contributed by atoms with Gasteiger partial charge in [-0.2, -0.15) is 0 Å². The molecule has 1 unspecified atom stereocenters. The minimum Gasteiger partial charge on any atom is -0.273 e. The molecule has 7 heteroatoms. The average Bonchev–Trinajstić information content (AvgIpc) is 2.83. The maximum absolute atomic E-state index is 12.3. The van der Waals surface area contributed by atoms with Crippen LogP contribution < -0.4 is 10.9 Å². The van der Waals surface area contributed by atoms with Crippen molar-refractivity contribution in [3.8, 4) is 0 Å². The molecule has 0 aromatic carbocycles. The van der Waals surface area contributed by atoms with Gasteiger partial charge in [0.05, 0.1) is 17.4 Å². The minimum atomic E-state index is -3.09. The summed E-state index contributed by atoms with van der Waals surface area (Å²) < 4.78 is 22.9. The van der Waals surface area contributed by atoms with Gasteiger partial charge in [-0.05, 0) is 68.1 Å². The van der Waals surface area contributed by atoms with E-state index in [1.54, 1.807) is 0 Å². The lowest BCUT2D eigenvalue weighted by molar-refractivity contribution is -0.135. The van der Waals surface area contributed by atoms with Crippen LogP contribution in [-0.4, -0.2) is 31.7 Å². The third-order valence-corrected chi connectivity index (χ3v) is 8.40. The second-order valence-electron chi connectivity index (χ2n) is 8.73. The first-order chi connectivity index (χ1) is 11.3. The van der Waals surface area contributed by atoms with Gasteiger partial charge in [0.25, 0.3) is 0 Å². The van der Waals surface area contributed by atoms with Crippen LogP contribution in [0.25, 0.3) is 0 Å². The third kappa shape index (κ3) is 3.19. The largest absolute Gasteiger partial charge is 0.273 e. The van der Waals surface area contributed by atoms with Crippen LogP contribution in [0.15, 0.2) is 0 Å². The molecule has 134 valence electrons. The molecule has 1 heterocycles. The Kier molecular flexibility index (Phi) is 3.90. The van der Waals surface area contributed by atoms with E-state index in [0.717, 1.165) is 37.0 Å². The molecule has 1 atom stereocenters. The van der Waals surface area contributed by atoms with Crippen LogP contribution >= 0.6 is 0 Å². The number of carbonyl (C=O) groups is 2. The number of hydrogen-bond acceptors (Lipinski definition) is 4. The first kappa shape index (κ1) is 16.4. The highest BCUT2D eigenvalue weighted by Gasteiger charge is 2.51. The molecule has 0 spiro atoms. The molecule has 5 fully saturated rings. The Balaban J connectivity index is 1.29. The molecule has 24 heavy (non-hydrogen) atoms. The molecule has 0 aromatic heterocycles. The normalized spacial score (nSPS) is 42.0. The summed E-state index contributed by atoms with van der Waals surface area (Å²) in [5.74, 6) is 1.29. The molecule has 4 saturated carbocycles. The number of hydrogen-bond donors (Lipinski definition) is 2. The Morgan fingerprint density at radius 2 is 1.54 bits per heavy atom. The Morgan fingerprint density at radius 3 is 2.04 bits per heavy atom. The quantitative estimate of drug-likeness (QED) is 0.744. The molecule has 4 bridgehead atoms. The zero-order chi connectivity index (χ0) is 16.9. The maximum atomic E-state index is 12.3. The van der Waals surface area contributed by atoms with Gasteiger partial charge < -0.3 is 0 Å². The lowest BCUT2D eigenvalue weighted by Crippen LogP contribution is -2.50. The number of hydrazine groups is 1. The second-order valence-corrected chi connectivity index (χ2v) is 11.0. The van der Waals surface area contributed by atoms with Crippen molar-refractivity contribution in [2.24, 2.45) is 29.1 Å². The first-order valence-electron chi connectivity index (χ1n) is 9.12. The molecule has 0 aromatic rings. The fourth-order valence-electron chi connectivity index (χ4n) is 6.13. The molecular weight excluding hydrogens is 328 g/mol. The summed E-state index contributed by atoms with van der Waals surface area (Å²) in [7, 11) is -3.09. The Morgan fingerprint density at radius 1 is 0.958 bits per heavy atom. The zero-order valence-corrected chi connectivity index (χ0v) is 14.7. The van der Waals surface area contributed by atoms with E-state index in [4.69, 9.17) is 0 Å². The second kappa shape index (κ2) is 5.71. The van der Waals surface area contributed by atoms with Crippen molar-refractivity contribution in [2.75, 3.05) is 11.5 Å². The van der Waals surface area contributed by atoms with Crippen molar-refractivity contribution in [1.82, 2.24) is 10.9 Å². The molecule has 0 radical (unpaired) electrons. The fraction of sp³-hybridized carbons (Fsp3) is 0.882. The van der Waals surface area contributed by atoms with Gasteiger partial charge in [0, 0.05) is 6.42 Å². The van der Waals surface area contributed by atoms with Gasteiger partial charge in [-0.25, -0.2) is 8.42 Å². The van der Waals surface area contributed by atoms with Crippen LogP contribution in [0, 0.1) is 29.1 Å². The van der Waals surface area contributed by atoms with E-state index in [9.17, 15) is 18.0 Å². The monoisotopic (exact) mass is 354 g/mol.